The molecule has 0 radical (unpaired) electrons. The maximum Gasteiger partial charge on any atom is 0.310 e. The summed E-state index contributed by atoms with van der Waals surface area (Å²) in [6.45, 7) is 17.2. The van der Waals surface area contributed by atoms with Gasteiger partial charge in [0.15, 0.2) is 5.78 Å². The Bertz CT molecular complexity index is 631. The second-order valence-corrected chi connectivity index (χ2v) is 10.5. The third-order valence-corrected chi connectivity index (χ3v) is 6.95. The van der Waals surface area contributed by atoms with Crippen LogP contribution in [0.25, 0.3) is 0 Å². The first-order valence-electron chi connectivity index (χ1n) is 12.2. The Labute approximate surface area is 190 Å². The highest BCUT2D eigenvalue weighted by Gasteiger charge is 2.56. The van der Waals surface area contributed by atoms with E-state index in [1.165, 1.54) is 5.57 Å². The maximum atomic E-state index is 13.2. The van der Waals surface area contributed by atoms with Crippen LogP contribution in [0.5, 0.6) is 0 Å². The van der Waals surface area contributed by atoms with Crippen molar-refractivity contribution >= 4 is 11.8 Å². The van der Waals surface area contributed by atoms with Crippen molar-refractivity contribution < 1.29 is 25.2 Å². The monoisotopic (exact) mass is 438 g/mol. The van der Waals surface area contributed by atoms with Gasteiger partial charge in [-0.15, -0.1) is 0 Å². The molecule has 0 aromatic carbocycles. The number of hydrogen-bond acceptors (Lipinski definition) is 5. The fourth-order valence-corrected chi connectivity index (χ4v) is 5.50. The summed E-state index contributed by atoms with van der Waals surface area (Å²) in [6.07, 6.45) is 6.42. The Morgan fingerprint density at radius 3 is 2.48 bits per heavy atom. The van der Waals surface area contributed by atoms with Gasteiger partial charge in [-0.05, 0) is 65.2 Å². The number of hydrogen-bond donors (Lipinski definition) is 0. The summed E-state index contributed by atoms with van der Waals surface area (Å²) in [4.78, 5) is 25.1. The number of allylic oxidation sites excluding steroid dienone is 1. The van der Waals surface area contributed by atoms with Crippen LogP contribution in [0, 0.1) is 23.2 Å². The van der Waals surface area contributed by atoms with E-state index in [1.54, 1.807) is 0 Å². The average molecular weight is 439 g/mol. The minimum absolute atomic E-state index is 0. The Kier molecular flexibility index (Phi) is 9.32. The van der Waals surface area contributed by atoms with Crippen LogP contribution in [-0.2, 0) is 23.8 Å². The second-order valence-electron chi connectivity index (χ2n) is 10.5. The first-order valence-corrected chi connectivity index (χ1v) is 12.2. The predicted octanol–water partition coefficient (Wildman–Crippen LogP) is 5.75. The highest BCUT2D eigenvalue weighted by Crippen LogP contribution is 2.54. The van der Waals surface area contributed by atoms with Crippen LogP contribution in [0.15, 0.2) is 12.2 Å². The molecule has 1 aliphatic heterocycles. The quantitative estimate of drug-likeness (QED) is 0.413. The van der Waals surface area contributed by atoms with Gasteiger partial charge in [0.05, 0.1) is 25.2 Å². The van der Waals surface area contributed by atoms with Gasteiger partial charge >= 0.3 is 5.97 Å². The first kappa shape index (κ1) is 26.1. The van der Waals surface area contributed by atoms with Crippen molar-refractivity contribution in [1.29, 1.82) is 0 Å². The lowest BCUT2D eigenvalue weighted by atomic mass is 9.73. The standard InChI is InChI=1S/C24H38O5.C2H6.H2/c1-16-6-8-19(9-7-16)28-14-20-21(22(26)29-23(3,4)5)17(2)12-24(20)11-10-18(25)13-27-15-24;1-2;/h17,19-21H,1,6-15H2,2-5H3;1-2H3;1H/t17-,20?,21?,24?;;/m1../s1. The third kappa shape index (κ3) is 6.89. The Morgan fingerprint density at radius 1 is 1.23 bits per heavy atom. The predicted molar refractivity (Wildman–Crippen MR) is 125 cm³/mol. The number of carbonyl (C=O) groups excluding carboxylic acids is 2. The van der Waals surface area contributed by atoms with E-state index in [0.29, 0.717) is 19.6 Å². The largest absolute Gasteiger partial charge is 0.460 e. The van der Waals surface area contributed by atoms with Gasteiger partial charge in [0.2, 0.25) is 0 Å². The molecule has 180 valence electrons. The molecular formula is C26H46O5. The van der Waals surface area contributed by atoms with E-state index >= 15 is 0 Å². The van der Waals surface area contributed by atoms with Gasteiger partial charge < -0.3 is 14.2 Å². The minimum atomic E-state index is -0.516. The van der Waals surface area contributed by atoms with Crippen LogP contribution in [0.2, 0.25) is 0 Å². The summed E-state index contributed by atoms with van der Waals surface area (Å²) in [7, 11) is 0. The molecule has 0 bridgehead atoms. The molecule has 0 N–H and O–H groups in total. The lowest BCUT2D eigenvalue weighted by Gasteiger charge is -2.37. The zero-order chi connectivity index (χ0) is 23.2. The van der Waals surface area contributed by atoms with Gasteiger partial charge in [-0.1, -0.05) is 32.9 Å². The third-order valence-electron chi connectivity index (χ3n) is 6.95. The molecule has 1 heterocycles. The zero-order valence-corrected chi connectivity index (χ0v) is 20.6. The van der Waals surface area contributed by atoms with E-state index in [0.717, 1.165) is 38.5 Å². The summed E-state index contributed by atoms with van der Waals surface area (Å²) < 4.78 is 18.0. The average Bonchev–Trinajstić information content (AvgIpc) is 2.83. The van der Waals surface area contributed by atoms with E-state index < -0.39 is 5.60 Å². The minimum Gasteiger partial charge on any atom is -0.460 e. The number of esters is 1. The molecule has 2 aliphatic carbocycles. The summed E-state index contributed by atoms with van der Waals surface area (Å²) in [6, 6.07) is 0. The molecule has 3 fully saturated rings. The van der Waals surface area contributed by atoms with Crippen molar-refractivity contribution in [3.8, 4) is 0 Å². The first-order chi connectivity index (χ1) is 14.6. The van der Waals surface area contributed by atoms with Crippen LogP contribution in [0.3, 0.4) is 0 Å². The number of ether oxygens (including phenoxy) is 3. The van der Waals surface area contributed by atoms with Gasteiger partial charge in [0.1, 0.15) is 12.2 Å². The van der Waals surface area contributed by atoms with E-state index in [1.807, 2.05) is 34.6 Å². The SMILES string of the molecule is C=C1CCC(OCC2C(C(=O)OC(C)(C)C)[C@H](C)CC23CCC(=O)COC3)CC1.CC.[HH]. The Hall–Kier alpha value is -1.20. The number of rotatable bonds is 4. The smallest absolute Gasteiger partial charge is 0.310 e. The fraction of sp³-hybridized carbons (Fsp3) is 0.846. The van der Waals surface area contributed by atoms with E-state index in [9.17, 15) is 9.59 Å². The van der Waals surface area contributed by atoms with Crippen molar-refractivity contribution in [2.75, 3.05) is 19.8 Å². The Balaban J connectivity index is 0.00000166. The maximum absolute atomic E-state index is 13.2. The molecule has 3 rings (SSSR count). The summed E-state index contributed by atoms with van der Waals surface area (Å²) in [5, 5.41) is 0. The van der Waals surface area contributed by atoms with Gasteiger partial charge in [-0.2, -0.15) is 0 Å². The molecule has 0 aromatic rings. The summed E-state index contributed by atoms with van der Waals surface area (Å²) in [5.74, 6) is -0.00174. The van der Waals surface area contributed by atoms with Crippen molar-refractivity contribution in [2.45, 2.75) is 98.2 Å². The van der Waals surface area contributed by atoms with Crippen molar-refractivity contribution in [3.05, 3.63) is 12.2 Å². The van der Waals surface area contributed by atoms with Crippen molar-refractivity contribution in [2.24, 2.45) is 23.2 Å². The van der Waals surface area contributed by atoms with Crippen molar-refractivity contribution in [1.82, 2.24) is 0 Å². The van der Waals surface area contributed by atoms with Crippen LogP contribution >= 0.6 is 0 Å². The van der Waals surface area contributed by atoms with Gasteiger partial charge in [-0.3, -0.25) is 9.59 Å². The normalized spacial score (nSPS) is 32.4. The zero-order valence-electron chi connectivity index (χ0n) is 20.6. The molecule has 5 heteroatoms. The topological polar surface area (TPSA) is 61.8 Å². The Morgan fingerprint density at radius 2 is 1.87 bits per heavy atom. The van der Waals surface area contributed by atoms with E-state index in [2.05, 4.69) is 13.5 Å². The van der Waals surface area contributed by atoms with Gasteiger partial charge in [0, 0.05) is 19.2 Å². The van der Waals surface area contributed by atoms with E-state index in [4.69, 9.17) is 14.2 Å². The highest BCUT2D eigenvalue weighted by molar-refractivity contribution is 5.80. The molecular weight excluding hydrogens is 392 g/mol. The van der Waals surface area contributed by atoms with Crippen LogP contribution in [-0.4, -0.2) is 43.3 Å². The molecule has 4 atom stereocenters. The highest BCUT2D eigenvalue weighted by atomic mass is 16.6. The molecule has 2 saturated carbocycles. The lowest BCUT2D eigenvalue weighted by molar-refractivity contribution is -0.165. The second kappa shape index (κ2) is 11.1. The van der Waals surface area contributed by atoms with Gasteiger partial charge in [0.25, 0.3) is 0 Å². The molecule has 31 heavy (non-hydrogen) atoms. The van der Waals surface area contributed by atoms with Crippen molar-refractivity contribution in [3.63, 3.8) is 0 Å². The molecule has 3 aliphatic rings. The molecule has 3 unspecified atom stereocenters. The van der Waals surface area contributed by atoms with Crippen LogP contribution in [0.1, 0.15) is 87.9 Å². The number of Topliss-reactive ketones (excluding diaryl/α,β-unsaturated/α-hetero) is 1. The van der Waals surface area contributed by atoms with Crippen LogP contribution in [0.4, 0.5) is 0 Å². The molecule has 5 nitrogen and oxygen atoms in total. The number of ketones is 1. The van der Waals surface area contributed by atoms with Crippen LogP contribution < -0.4 is 0 Å². The molecule has 0 amide bonds. The summed E-state index contributed by atoms with van der Waals surface area (Å²) in [5.41, 5.74) is 0.598. The molecule has 1 spiro atoms. The lowest BCUT2D eigenvalue weighted by Crippen LogP contribution is -2.41. The molecule has 0 aromatic heterocycles. The fourth-order valence-electron chi connectivity index (χ4n) is 5.50. The summed E-state index contributed by atoms with van der Waals surface area (Å²) >= 11 is 0. The van der Waals surface area contributed by atoms with E-state index in [-0.39, 0.29) is 49.1 Å². The van der Waals surface area contributed by atoms with Gasteiger partial charge in [-0.25, -0.2) is 0 Å². The molecule has 1 saturated heterocycles. The number of carbonyl (C=O) groups is 2.